The molecule has 0 atom stereocenters. The molecule has 8 heteroatoms. The lowest BCUT2D eigenvalue weighted by atomic mass is 9.84. The fourth-order valence-corrected chi connectivity index (χ4v) is 4.85. The molecule has 1 aromatic carbocycles. The van der Waals surface area contributed by atoms with Crippen molar-refractivity contribution in [3.8, 4) is 0 Å². The molecule has 2 aromatic heterocycles. The van der Waals surface area contributed by atoms with Crippen LogP contribution in [-0.4, -0.2) is 61.0 Å². The number of likely N-dealkylation sites (tertiary alicyclic amines) is 1. The van der Waals surface area contributed by atoms with Gasteiger partial charge >= 0.3 is 0 Å². The maximum Gasteiger partial charge on any atom is 0.246 e. The standard InChI is InChI=1S/C23H28N6O2/c30-20-10-14-27(15-11-20)22(31)17-6-8-19(9-7-17)28(23-24-12-3-13-25-23)29-21-5-2-1-4-18(21)16-26-29/h1-5,12-13,16-17,19-20,30H,6-11,14-15H2. The molecule has 2 fully saturated rings. The number of fused-ring (bicyclic) bond motifs is 1. The highest BCUT2D eigenvalue weighted by atomic mass is 16.3. The van der Waals surface area contributed by atoms with Crippen LogP contribution in [0.3, 0.4) is 0 Å². The molecule has 0 unspecified atom stereocenters. The number of carbonyl (C=O) groups excluding carboxylic acids is 1. The summed E-state index contributed by atoms with van der Waals surface area (Å²) in [5, 5.41) is 17.5. The Morgan fingerprint density at radius 3 is 2.42 bits per heavy atom. The molecule has 8 nitrogen and oxygen atoms in total. The van der Waals surface area contributed by atoms with E-state index in [2.05, 4.69) is 26.1 Å². The molecule has 1 aliphatic heterocycles. The normalized spacial score (nSPS) is 22.5. The Kier molecular flexibility index (Phi) is 5.55. The number of rotatable bonds is 4. The van der Waals surface area contributed by atoms with Crippen molar-refractivity contribution in [2.24, 2.45) is 5.92 Å². The van der Waals surface area contributed by atoms with E-state index in [9.17, 15) is 9.90 Å². The third kappa shape index (κ3) is 3.99. The van der Waals surface area contributed by atoms with Crippen LogP contribution >= 0.6 is 0 Å². The largest absolute Gasteiger partial charge is 0.393 e. The van der Waals surface area contributed by atoms with Crippen LogP contribution in [0.2, 0.25) is 0 Å². The first-order chi connectivity index (χ1) is 15.2. The number of piperidine rings is 1. The van der Waals surface area contributed by atoms with Crippen molar-refractivity contribution >= 4 is 22.8 Å². The summed E-state index contributed by atoms with van der Waals surface area (Å²) >= 11 is 0. The number of hydrogen-bond acceptors (Lipinski definition) is 6. The first-order valence-corrected chi connectivity index (χ1v) is 11.2. The van der Waals surface area contributed by atoms with Crippen molar-refractivity contribution in [2.45, 2.75) is 50.7 Å². The van der Waals surface area contributed by atoms with Crippen molar-refractivity contribution in [2.75, 3.05) is 18.1 Å². The van der Waals surface area contributed by atoms with Gasteiger partial charge in [-0.1, -0.05) is 18.2 Å². The number of benzene rings is 1. The van der Waals surface area contributed by atoms with Gasteiger partial charge < -0.3 is 10.0 Å². The number of aromatic nitrogens is 4. The molecule has 1 amide bonds. The molecule has 3 heterocycles. The summed E-state index contributed by atoms with van der Waals surface area (Å²) in [6.45, 7) is 1.34. The van der Waals surface area contributed by atoms with Gasteiger partial charge in [-0.25, -0.2) is 15.0 Å². The van der Waals surface area contributed by atoms with Crippen molar-refractivity contribution < 1.29 is 9.90 Å². The molecule has 2 aliphatic rings. The number of nitrogens with zero attached hydrogens (tertiary/aromatic N) is 6. The third-order valence-corrected chi connectivity index (χ3v) is 6.59. The fraction of sp³-hybridized carbons (Fsp3) is 0.478. The van der Waals surface area contributed by atoms with Gasteiger partial charge in [-0.3, -0.25) is 4.79 Å². The Hall–Kier alpha value is -3.00. The van der Waals surface area contributed by atoms with Gasteiger partial charge in [-0.15, -0.1) is 0 Å². The van der Waals surface area contributed by atoms with Gasteiger partial charge in [0.1, 0.15) is 0 Å². The SMILES string of the molecule is O=C(C1CCC(N(c2ncccn2)n2ncc3ccccc32)CC1)N1CCC(O)CC1. The molecule has 0 bridgehead atoms. The lowest BCUT2D eigenvalue weighted by Gasteiger charge is -2.38. The molecule has 1 saturated carbocycles. The zero-order chi connectivity index (χ0) is 21.2. The van der Waals surface area contributed by atoms with E-state index in [4.69, 9.17) is 0 Å². The Labute approximate surface area is 181 Å². The maximum atomic E-state index is 13.0. The van der Waals surface area contributed by atoms with Crippen LogP contribution in [0.15, 0.2) is 48.9 Å². The third-order valence-electron chi connectivity index (χ3n) is 6.59. The van der Waals surface area contributed by atoms with Gasteiger partial charge in [0.15, 0.2) is 0 Å². The smallest absolute Gasteiger partial charge is 0.246 e. The second-order valence-corrected chi connectivity index (χ2v) is 8.55. The summed E-state index contributed by atoms with van der Waals surface area (Å²) in [5.74, 6) is 0.924. The first kappa shape index (κ1) is 19.9. The van der Waals surface area contributed by atoms with Gasteiger partial charge in [0.25, 0.3) is 0 Å². The van der Waals surface area contributed by atoms with Crippen molar-refractivity contribution in [1.29, 1.82) is 0 Å². The van der Waals surface area contributed by atoms with Gasteiger partial charge in [0.05, 0.1) is 23.9 Å². The Morgan fingerprint density at radius 1 is 0.968 bits per heavy atom. The molecule has 1 aliphatic carbocycles. The Morgan fingerprint density at radius 2 is 1.68 bits per heavy atom. The van der Waals surface area contributed by atoms with Crippen molar-refractivity contribution in [1.82, 2.24) is 24.8 Å². The number of hydrogen-bond donors (Lipinski definition) is 1. The molecule has 1 N–H and O–H groups in total. The summed E-state index contributed by atoms with van der Waals surface area (Å²) in [4.78, 5) is 25.9. The summed E-state index contributed by atoms with van der Waals surface area (Å²) in [6, 6.07) is 10.1. The minimum Gasteiger partial charge on any atom is -0.393 e. The van der Waals surface area contributed by atoms with Crippen LogP contribution in [0.4, 0.5) is 5.95 Å². The molecule has 0 spiro atoms. The number of carbonyl (C=O) groups is 1. The van der Waals surface area contributed by atoms with Gasteiger partial charge in [0, 0.05) is 36.8 Å². The molecular formula is C23H28N6O2. The van der Waals surface area contributed by atoms with Crippen LogP contribution in [-0.2, 0) is 4.79 Å². The number of amides is 1. The van der Waals surface area contributed by atoms with E-state index in [-0.39, 0.29) is 24.0 Å². The number of para-hydroxylation sites is 1. The Balaban J connectivity index is 1.35. The lowest BCUT2D eigenvalue weighted by Crippen LogP contribution is -2.47. The molecule has 31 heavy (non-hydrogen) atoms. The highest BCUT2D eigenvalue weighted by molar-refractivity contribution is 5.80. The topological polar surface area (TPSA) is 87.4 Å². The highest BCUT2D eigenvalue weighted by Crippen LogP contribution is 2.32. The molecule has 1 saturated heterocycles. The van der Waals surface area contributed by atoms with Crippen LogP contribution in [0.1, 0.15) is 38.5 Å². The monoisotopic (exact) mass is 420 g/mol. The quantitative estimate of drug-likeness (QED) is 0.698. The van der Waals surface area contributed by atoms with Crippen molar-refractivity contribution in [3.05, 3.63) is 48.9 Å². The zero-order valence-electron chi connectivity index (χ0n) is 17.5. The molecule has 0 radical (unpaired) electrons. The molecule has 162 valence electrons. The molecule has 5 rings (SSSR count). The molecular weight excluding hydrogens is 392 g/mol. The minimum absolute atomic E-state index is 0.0550. The van der Waals surface area contributed by atoms with E-state index in [1.54, 1.807) is 12.4 Å². The maximum absolute atomic E-state index is 13.0. The van der Waals surface area contributed by atoms with Gasteiger partial charge in [0.2, 0.25) is 11.9 Å². The second kappa shape index (κ2) is 8.63. The molecule has 3 aromatic rings. The minimum atomic E-state index is -0.261. The Bertz CT molecular complexity index is 1020. The first-order valence-electron chi connectivity index (χ1n) is 11.2. The summed E-state index contributed by atoms with van der Waals surface area (Å²) in [5.41, 5.74) is 1.01. The second-order valence-electron chi connectivity index (χ2n) is 8.55. The van der Waals surface area contributed by atoms with E-state index in [1.165, 1.54) is 0 Å². The fourth-order valence-electron chi connectivity index (χ4n) is 4.85. The van der Waals surface area contributed by atoms with Crippen molar-refractivity contribution in [3.63, 3.8) is 0 Å². The summed E-state index contributed by atoms with van der Waals surface area (Å²) in [7, 11) is 0. The van der Waals surface area contributed by atoms with E-state index >= 15 is 0 Å². The number of aliphatic hydroxyl groups excluding tert-OH is 1. The predicted molar refractivity (Wildman–Crippen MR) is 117 cm³/mol. The van der Waals surface area contributed by atoms with Crippen LogP contribution in [0, 0.1) is 5.92 Å². The van der Waals surface area contributed by atoms with E-state index < -0.39 is 0 Å². The van der Waals surface area contributed by atoms with Crippen LogP contribution in [0.25, 0.3) is 10.9 Å². The highest BCUT2D eigenvalue weighted by Gasteiger charge is 2.35. The van der Waals surface area contributed by atoms with E-state index in [1.807, 2.05) is 40.2 Å². The zero-order valence-corrected chi connectivity index (χ0v) is 17.5. The van der Waals surface area contributed by atoms with E-state index in [0.717, 1.165) is 36.6 Å². The predicted octanol–water partition coefficient (Wildman–Crippen LogP) is 2.64. The summed E-state index contributed by atoms with van der Waals surface area (Å²) in [6.07, 6.45) is 9.91. The lowest BCUT2D eigenvalue weighted by molar-refractivity contribution is -0.138. The average molecular weight is 421 g/mol. The summed E-state index contributed by atoms with van der Waals surface area (Å²) < 4.78 is 0. The number of aliphatic hydroxyl groups is 1. The van der Waals surface area contributed by atoms with Gasteiger partial charge in [-0.2, -0.15) is 9.89 Å². The van der Waals surface area contributed by atoms with E-state index in [0.29, 0.717) is 31.9 Å². The van der Waals surface area contributed by atoms with Gasteiger partial charge in [-0.05, 0) is 50.7 Å². The average Bonchev–Trinajstić information content (AvgIpc) is 3.24. The number of anilines is 1. The van der Waals surface area contributed by atoms with Crippen LogP contribution < -0.4 is 5.01 Å². The van der Waals surface area contributed by atoms with Crippen LogP contribution in [0.5, 0.6) is 0 Å².